The zero-order valence-electron chi connectivity index (χ0n) is 8.16. The summed E-state index contributed by atoms with van der Waals surface area (Å²) in [5.41, 5.74) is 1.04. The summed E-state index contributed by atoms with van der Waals surface area (Å²) >= 11 is 0. The van der Waals surface area contributed by atoms with Crippen LogP contribution in [0.1, 0.15) is 26.3 Å². The minimum atomic E-state index is 0.452. The summed E-state index contributed by atoms with van der Waals surface area (Å²) in [6.45, 7) is 8.46. The van der Waals surface area contributed by atoms with Crippen LogP contribution in [-0.2, 0) is 0 Å². The van der Waals surface area contributed by atoms with Crippen molar-refractivity contribution in [3.63, 3.8) is 0 Å². The van der Waals surface area contributed by atoms with E-state index in [4.69, 9.17) is 4.74 Å². The standard InChI is InChI=1S/C7H10N2O.C2H6/c1-3-10-7-8-4-6(2)5-9-7;1-2/h4-5H,3H2,1-2H3;1-2H3. The highest BCUT2D eigenvalue weighted by atomic mass is 16.5. The normalized spacial score (nSPS) is 8.33. The average molecular weight is 168 g/mol. The predicted molar refractivity (Wildman–Crippen MR) is 49.3 cm³/mol. The second kappa shape index (κ2) is 6.58. The van der Waals surface area contributed by atoms with Gasteiger partial charge in [0.2, 0.25) is 0 Å². The molecule has 0 saturated carbocycles. The van der Waals surface area contributed by atoms with E-state index in [-0.39, 0.29) is 0 Å². The highest BCUT2D eigenvalue weighted by Gasteiger charge is 1.91. The molecule has 0 aromatic carbocycles. The van der Waals surface area contributed by atoms with E-state index in [1.165, 1.54) is 0 Å². The molecule has 0 fully saturated rings. The summed E-state index contributed by atoms with van der Waals surface area (Å²) in [5, 5.41) is 0. The molecule has 1 heterocycles. The molecule has 1 aromatic rings. The van der Waals surface area contributed by atoms with E-state index in [1.54, 1.807) is 12.4 Å². The minimum Gasteiger partial charge on any atom is -0.464 e. The van der Waals surface area contributed by atoms with E-state index in [9.17, 15) is 0 Å². The van der Waals surface area contributed by atoms with Crippen molar-refractivity contribution < 1.29 is 4.74 Å². The van der Waals surface area contributed by atoms with Crippen molar-refractivity contribution in [2.75, 3.05) is 6.61 Å². The Hall–Kier alpha value is -1.12. The van der Waals surface area contributed by atoms with Gasteiger partial charge in [-0.05, 0) is 19.4 Å². The van der Waals surface area contributed by atoms with E-state index in [0.29, 0.717) is 12.6 Å². The van der Waals surface area contributed by atoms with Crippen LogP contribution < -0.4 is 4.74 Å². The average Bonchev–Trinajstić information content (AvgIpc) is 2.13. The molecular formula is C9H16N2O. The van der Waals surface area contributed by atoms with Crippen LogP contribution in [0.5, 0.6) is 6.01 Å². The Kier molecular flexibility index (Phi) is 5.97. The van der Waals surface area contributed by atoms with Gasteiger partial charge in [0.15, 0.2) is 0 Å². The third kappa shape index (κ3) is 3.91. The van der Waals surface area contributed by atoms with Crippen LogP contribution in [0.4, 0.5) is 0 Å². The molecule has 0 radical (unpaired) electrons. The number of nitrogens with zero attached hydrogens (tertiary/aromatic N) is 2. The molecule has 0 spiro atoms. The molecule has 1 aromatic heterocycles. The van der Waals surface area contributed by atoms with Crippen LogP contribution in [0.2, 0.25) is 0 Å². The van der Waals surface area contributed by atoms with Crippen molar-refractivity contribution in [2.45, 2.75) is 27.7 Å². The molecular weight excluding hydrogens is 152 g/mol. The van der Waals surface area contributed by atoms with Gasteiger partial charge in [-0.15, -0.1) is 0 Å². The monoisotopic (exact) mass is 168 g/mol. The Morgan fingerprint density at radius 2 is 1.75 bits per heavy atom. The van der Waals surface area contributed by atoms with Gasteiger partial charge in [0.05, 0.1) is 6.61 Å². The fraction of sp³-hybridized carbons (Fsp3) is 0.556. The molecule has 12 heavy (non-hydrogen) atoms. The van der Waals surface area contributed by atoms with Crippen molar-refractivity contribution in [2.24, 2.45) is 0 Å². The third-order valence-electron chi connectivity index (χ3n) is 1.03. The second-order valence-electron chi connectivity index (χ2n) is 1.98. The van der Waals surface area contributed by atoms with Gasteiger partial charge in [-0.25, -0.2) is 9.97 Å². The first-order valence-corrected chi connectivity index (χ1v) is 4.24. The molecule has 0 aliphatic carbocycles. The molecule has 1 rings (SSSR count). The van der Waals surface area contributed by atoms with Crippen molar-refractivity contribution in [1.29, 1.82) is 0 Å². The van der Waals surface area contributed by atoms with Crippen LogP contribution in [0.15, 0.2) is 12.4 Å². The maximum Gasteiger partial charge on any atom is 0.316 e. The van der Waals surface area contributed by atoms with Gasteiger partial charge in [-0.1, -0.05) is 13.8 Å². The van der Waals surface area contributed by atoms with E-state index >= 15 is 0 Å². The van der Waals surface area contributed by atoms with E-state index in [2.05, 4.69) is 9.97 Å². The SMILES string of the molecule is CC.CCOc1ncc(C)cn1. The van der Waals surface area contributed by atoms with E-state index in [1.807, 2.05) is 27.7 Å². The first kappa shape index (κ1) is 10.9. The van der Waals surface area contributed by atoms with Gasteiger partial charge in [-0.3, -0.25) is 0 Å². The summed E-state index contributed by atoms with van der Waals surface area (Å²) in [6, 6.07) is 0.452. The molecule has 3 heteroatoms. The lowest BCUT2D eigenvalue weighted by Gasteiger charge is -1.98. The lowest BCUT2D eigenvalue weighted by molar-refractivity contribution is 0.312. The first-order valence-electron chi connectivity index (χ1n) is 4.24. The van der Waals surface area contributed by atoms with Crippen molar-refractivity contribution >= 4 is 0 Å². The van der Waals surface area contributed by atoms with Gasteiger partial charge >= 0.3 is 6.01 Å². The van der Waals surface area contributed by atoms with Crippen LogP contribution in [0.3, 0.4) is 0 Å². The summed E-state index contributed by atoms with van der Waals surface area (Å²) in [6.07, 6.45) is 3.47. The summed E-state index contributed by atoms with van der Waals surface area (Å²) in [4.78, 5) is 7.87. The molecule has 3 nitrogen and oxygen atoms in total. The Morgan fingerprint density at radius 3 is 2.17 bits per heavy atom. The zero-order chi connectivity index (χ0) is 9.40. The highest BCUT2D eigenvalue weighted by Crippen LogP contribution is 1.99. The van der Waals surface area contributed by atoms with Gasteiger partial charge in [0, 0.05) is 12.4 Å². The van der Waals surface area contributed by atoms with Crippen LogP contribution in [0.25, 0.3) is 0 Å². The highest BCUT2D eigenvalue weighted by molar-refractivity contribution is 5.04. The number of aromatic nitrogens is 2. The summed E-state index contributed by atoms with van der Waals surface area (Å²) in [5.74, 6) is 0. The number of ether oxygens (including phenoxy) is 1. The van der Waals surface area contributed by atoms with Gasteiger partial charge in [-0.2, -0.15) is 0 Å². The molecule has 0 aliphatic heterocycles. The van der Waals surface area contributed by atoms with Crippen LogP contribution >= 0.6 is 0 Å². The summed E-state index contributed by atoms with van der Waals surface area (Å²) < 4.78 is 5.04. The van der Waals surface area contributed by atoms with Gasteiger partial charge in [0.1, 0.15) is 0 Å². The van der Waals surface area contributed by atoms with Gasteiger partial charge < -0.3 is 4.74 Å². The molecule has 68 valence electrons. The zero-order valence-corrected chi connectivity index (χ0v) is 8.16. The predicted octanol–water partition coefficient (Wildman–Crippen LogP) is 2.21. The fourth-order valence-electron chi connectivity index (χ4n) is 0.584. The smallest absolute Gasteiger partial charge is 0.316 e. The number of hydrogen-bond acceptors (Lipinski definition) is 3. The molecule has 0 bridgehead atoms. The largest absolute Gasteiger partial charge is 0.464 e. The number of hydrogen-bond donors (Lipinski definition) is 0. The fourth-order valence-corrected chi connectivity index (χ4v) is 0.584. The first-order chi connectivity index (χ1) is 5.83. The van der Waals surface area contributed by atoms with Crippen molar-refractivity contribution in [3.8, 4) is 6.01 Å². The minimum absolute atomic E-state index is 0.452. The van der Waals surface area contributed by atoms with Crippen molar-refractivity contribution in [3.05, 3.63) is 18.0 Å². The number of rotatable bonds is 2. The second-order valence-corrected chi connectivity index (χ2v) is 1.98. The molecule has 0 N–H and O–H groups in total. The molecule has 0 amide bonds. The Balaban J connectivity index is 0.000000561. The molecule has 0 unspecified atom stereocenters. The van der Waals surface area contributed by atoms with Gasteiger partial charge in [0.25, 0.3) is 0 Å². The Labute approximate surface area is 73.8 Å². The molecule has 0 atom stereocenters. The van der Waals surface area contributed by atoms with E-state index in [0.717, 1.165) is 5.56 Å². The maximum absolute atomic E-state index is 5.04. The lowest BCUT2D eigenvalue weighted by atomic mass is 10.4. The molecule has 0 aliphatic rings. The number of aryl methyl sites for hydroxylation is 1. The van der Waals surface area contributed by atoms with E-state index < -0.39 is 0 Å². The quantitative estimate of drug-likeness (QED) is 0.679. The third-order valence-corrected chi connectivity index (χ3v) is 1.03. The Morgan fingerprint density at radius 1 is 1.25 bits per heavy atom. The Bertz CT molecular complexity index is 196. The van der Waals surface area contributed by atoms with Crippen LogP contribution in [-0.4, -0.2) is 16.6 Å². The maximum atomic E-state index is 5.04. The lowest BCUT2D eigenvalue weighted by Crippen LogP contribution is -1.96. The van der Waals surface area contributed by atoms with Crippen molar-refractivity contribution in [1.82, 2.24) is 9.97 Å². The summed E-state index contributed by atoms with van der Waals surface area (Å²) in [7, 11) is 0. The topological polar surface area (TPSA) is 35.0 Å². The van der Waals surface area contributed by atoms with Crippen LogP contribution in [0, 0.1) is 6.92 Å². The molecule has 0 saturated heterocycles.